The molecule has 4 amide bonds. The predicted molar refractivity (Wildman–Crippen MR) is 196 cm³/mol. The van der Waals surface area contributed by atoms with Crippen LogP contribution in [0.2, 0.25) is 0 Å². The lowest BCUT2D eigenvalue weighted by Crippen LogP contribution is -2.49. The van der Waals surface area contributed by atoms with Crippen LogP contribution in [0.15, 0.2) is 41.3 Å². The third-order valence-electron chi connectivity index (χ3n) is 11.0. The Morgan fingerprint density at radius 1 is 0.981 bits per heavy atom. The lowest BCUT2D eigenvalue weighted by Gasteiger charge is -2.37. The molecule has 2 N–H and O–H groups in total. The van der Waals surface area contributed by atoms with Gasteiger partial charge in [-0.25, -0.2) is 9.18 Å². The number of carbonyl (C=O) groups excluding carboxylic acids is 3. The van der Waals surface area contributed by atoms with Crippen LogP contribution in [0, 0.1) is 25.6 Å². The highest BCUT2D eigenvalue weighted by Gasteiger charge is 2.30. The number of urea groups is 1. The molecule has 7 rings (SSSR count). The number of ether oxygens (including phenoxy) is 1. The van der Waals surface area contributed by atoms with Crippen molar-refractivity contribution in [1.29, 1.82) is 0 Å². The molecule has 0 aliphatic carbocycles. The van der Waals surface area contributed by atoms with Crippen molar-refractivity contribution in [3.05, 3.63) is 69.4 Å². The quantitative estimate of drug-likeness (QED) is 0.279. The van der Waals surface area contributed by atoms with E-state index in [0.29, 0.717) is 79.9 Å². The molecule has 0 saturated carbocycles. The fourth-order valence-electron chi connectivity index (χ4n) is 7.68. The van der Waals surface area contributed by atoms with Crippen LogP contribution in [0.4, 0.5) is 20.7 Å². The highest BCUT2D eigenvalue weighted by Crippen LogP contribution is 2.34. The van der Waals surface area contributed by atoms with Crippen LogP contribution in [0.25, 0.3) is 22.0 Å². The number of pyridine rings is 1. The van der Waals surface area contributed by atoms with Gasteiger partial charge < -0.3 is 19.1 Å². The number of H-pyrrole nitrogens is 1. The van der Waals surface area contributed by atoms with Crippen molar-refractivity contribution in [3.63, 3.8) is 0 Å². The maximum absolute atomic E-state index is 15.6. The molecule has 3 saturated heterocycles. The van der Waals surface area contributed by atoms with Crippen LogP contribution in [-0.4, -0.2) is 95.3 Å². The number of aromatic amines is 1. The first-order valence-electron chi connectivity index (χ1n) is 17.9. The Kier molecular flexibility index (Phi) is 9.75. The number of rotatable bonds is 8. The van der Waals surface area contributed by atoms with E-state index >= 15 is 4.39 Å². The molecule has 14 heteroatoms. The minimum absolute atomic E-state index is 0.0717. The van der Waals surface area contributed by atoms with Gasteiger partial charge in [-0.3, -0.25) is 34.6 Å². The molecule has 5 heterocycles. The van der Waals surface area contributed by atoms with Crippen molar-refractivity contribution in [2.75, 3.05) is 62.7 Å². The molecule has 2 aromatic carbocycles. The molecule has 0 spiro atoms. The number of piperidine rings is 1. The zero-order chi connectivity index (χ0) is 36.7. The van der Waals surface area contributed by atoms with Crippen LogP contribution in [0.1, 0.15) is 42.4 Å². The van der Waals surface area contributed by atoms with Crippen LogP contribution in [0.3, 0.4) is 0 Å². The first-order chi connectivity index (χ1) is 25.0. The number of amides is 4. The maximum Gasteiger partial charge on any atom is 0.329 e. The van der Waals surface area contributed by atoms with E-state index in [4.69, 9.17) is 4.74 Å². The van der Waals surface area contributed by atoms with Gasteiger partial charge in [0.1, 0.15) is 11.6 Å². The number of benzene rings is 2. The van der Waals surface area contributed by atoms with Gasteiger partial charge in [0.25, 0.3) is 5.56 Å². The van der Waals surface area contributed by atoms with E-state index in [9.17, 15) is 19.2 Å². The molecule has 13 nitrogen and oxygen atoms in total. The maximum atomic E-state index is 15.6. The third kappa shape index (κ3) is 6.86. The number of hydrogen-bond acceptors (Lipinski definition) is 8. The van der Waals surface area contributed by atoms with Crippen LogP contribution in [-0.2, 0) is 23.2 Å². The number of halogens is 1. The van der Waals surface area contributed by atoms with Crippen molar-refractivity contribution in [1.82, 2.24) is 29.9 Å². The zero-order valence-corrected chi connectivity index (χ0v) is 30.1. The van der Waals surface area contributed by atoms with Crippen molar-refractivity contribution in [2.45, 2.75) is 46.1 Å². The van der Waals surface area contributed by atoms with Gasteiger partial charge in [-0.1, -0.05) is 0 Å². The number of imide groups is 1. The van der Waals surface area contributed by atoms with Gasteiger partial charge in [0.15, 0.2) is 5.82 Å². The number of nitrogens with one attached hydrogen (secondary N) is 2. The molecule has 0 bridgehead atoms. The molecule has 2 aromatic heterocycles. The number of hydrogen-bond donors (Lipinski definition) is 2. The molecular weight excluding hydrogens is 667 g/mol. The number of piperazine rings is 1. The van der Waals surface area contributed by atoms with Gasteiger partial charge in [-0.2, -0.15) is 5.10 Å². The average Bonchev–Trinajstić information content (AvgIpc) is 3.56. The Morgan fingerprint density at radius 3 is 2.44 bits per heavy atom. The molecule has 274 valence electrons. The molecule has 52 heavy (non-hydrogen) atoms. The van der Waals surface area contributed by atoms with E-state index in [1.807, 2.05) is 36.1 Å². The Labute approximate surface area is 301 Å². The number of aromatic nitrogens is 3. The summed E-state index contributed by atoms with van der Waals surface area (Å²) >= 11 is 0. The lowest BCUT2D eigenvalue weighted by atomic mass is 9.92. The van der Waals surface area contributed by atoms with Crippen molar-refractivity contribution in [2.24, 2.45) is 13.0 Å². The standard InChI is InChI=1S/C38H45FN8O5/c1-23-24(2)37(50)43(3)21-29(23)26-18-31(39)30(33(19-26)52-4)22-44-13-15-46(16-14-44)35(49)17-25-7-10-45(11-8-25)27-5-6-28-32(20-27)41-42-36(28)47-12-9-34(48)40-38(47)51/h5-6,18-21,25H,7-17,22H2,1-4H3,(H,41,42)(H,40,48,51). The van der Waals surface area contributed by atoms with Gasteiger partial charge in [-0.15, -0.1) is 0 Å². The monoisotopic (exact) mass is 712 g/mol. The number of fused-ring (bicyclic) bond motifs is 1. The predicted octanol–water partition coefficient (Wildman–Crippen LogP) is 4.09. The Balaban J connectivity index is 0.906. The Bertz CT molecular complexity index is 2090. The summed E-state index contributed by atoms with van der Waals surface area (Å²) < 4.78 is 22.8. The summed E-state index contributed by atoms with van der Waals surface area (Å²) in [5, 5.41) is 10.6. The summed E-state index contributed by atoms with van der Waals surface area (Å²) in [4.78, 5) is 57.5. The lowest BCUT2D eigenvalue weighted by molar-refractivity contribution is -0.134. The van der Waals surface area contributed by atoms with Crippen LogP contribution < -0.4 is 25.4 Å². The largest absolute Gasteiger partial charge is 0.496 e. The van der Waals surface area contributed by atoms with Gasteiger partial charge in [0.05, 0.1) is 12.6 Å². The smallest absolute Gasteiger partial charge is 0.329 e. The Hall–Kier alpha value is -5.24. The second-order valence-corrected chi connectivity index (χ2v) is 14.2. The van der Waals surface area contributed by atoms with E-state index in [0.717, 1.165) is 53.6 Å². The highest BCUT2D eigenvalue weighted by molar-refractivity contribution is 6.09. The average molecular weight is 713 g/mol. The number of carbonyl (C=O) groups is 3. The Morgan fingerprint density at radius 2 is 1.73 bits per heavy atom. The van der Waals surface area contributed by atoms with Crippen molar-refractivity contribution < 1.29 is 23.5 Å². The molecule has 3 fully saturated rings. The molecule has 3 aliphatic heterocycles. The van der Waals surface area contributed by atoms with Crippen LogP contribution >= 0.6 is 0 Å². The van der Waals surface area contributed by atoms with Gasteiger partial charge >= 0.3 is 6.03 Å². The first kappa shape index (κ1) is 35.2. The summed E-state index contributed by atoms with van der Waals surface area (Å²) in [6, 6.07) is 8.92. The van der Waals surface area contributed by atoms with E-state index in [1.165, 1.54) is 15.5 Å². The molecule has 0 unspecified atom stereocenters. The molecular formula is C38H45FN8O5. The minimum Gasteiger partial charge on any atom is -0.496 e. The SMILES string of the molecule is COc1cc(-c2cn(C)c(=O)c(C)c2C)cc(F)c1CN1CCN(C(=O)CC2CCN(c3ccc4c(N5CCC(=O)NC5=O)n[nH]c4c3)CC2)CC1. The summed E-state index contributed by atoms with van der Waals surface area (Å²) in [5.74, 6) is 0.810. The molecule has 4 aromatic rings. The summed E-state index contributed by atoms with van der Waals surface area (Å²) in [6.07, 6.45) is 4.31. The first-order valence-corrected chi connectivity index (χ1v) is 17.9. The second-order valence-electron chi connectivity index (χ2n) is 14.2. The number of nitrogens with zero attached hydrogens (tertiary/aromatic N) is 6. The number of methoxy groups -OCH3 is 1. The summed E-state index contributed by atoms with van der Waals surface area (Å²) in [7, 11) is 3.24. The molecule has 0 radical (unpaired) electrons. The summed E-state index contributed by atoms with van der Waals surface area (Å²) in [6.45, 7) is 8.48. The van der Waals surface area contributed by atoms with Gasteiger partial charge in [-0.05, 0) is 74.1 Å². The topological polar surface area (TPSA) is 136 Å². The molecule has 3 aliphatic rings. The van der Waals surface area contributed by atoms with E-state index in [2.05, 4.69) is 25.3 Å². The van der Waals surface area contributed by atoms with E-state index in [-0.39, 0.29) is 29.6 Å². The third-order valence-corrected chi connectivity index (χ3v) is 11.0. The zero-order valence-electron chi connectivity index (χ0n) is 30.1. The highest BCUT2D eigenvalue weighted by atomic mass is 19.1. The van der Waals surface area contributed by atoms with E-state index < -0.39 is 6.03 Å². The van der Waals surface area contributed by atoms with E-state index in [1.54, 1.807) is 27.3 Å². The fourth-order valence-corrected chi connectivity index (χ4v) is 7.68. The number of aryl methyl sites for hydroxylation is 1. The van der Waals surface area contributed by atoms with Crippen LogP contribution in [0.5, 0.6) is 5.75 Å². The molecule has 0 atom stereocenters. The normalized spacial score (nSPS) is 17.6. The van der Waals surface area contributed by atoms with Gasteiger partial charge in [0, 0.05) is 106 Å². The summed E-state index contributed by atoms with van der Waals surface area (Å²) in [5.41, 5.74) is 5.19. The van der Waals surface area contributed by atoms with Crippen molar-refractivity contribution >= 4 is 40.3 Å². The fraction of sp³-hybridized carbons (Fsp3) is 0.447. The minimum atomic E-state index is -0.463. The van der Waals surface area contributed by atoms with Crippen molar-refractivity contribution in [3.8, 4) is 16.9 Å². The second kappa shape index (κ2) is 14.4. The van der Waals surface area contributed by atoms with Gasteiger partial charge in [0.2, 0.25) is 11.8 Å². The number of anilines is 2.